The fourth-order valence-electron chi connectivity index (χ4n) is 4.83. The fraction of sp³-hybridized carbons (Fsp3) is 0.429. The van der Waals surface area contributed by atoms with Gasteiger partial charge < -0.3 is 25.6 Å². The van der Waals surface area contributed by atoms with Crippen LogP contribution in [0.1, 0.15) is 36.1 Å². The van der Waals surface area contributed by atoms with Crippen molar-refractivity contribution in [1.29, 1.82) is 0 Å². The summed E-state index contributed by atoms with van der Waals surface area (Å²) in [5.41, 5.74) is 8.64. The molecule has 0 radical (unpaired) electrons. The van der Waals surface area contributed by atoms with Gasteiger partial charge in [-0.1, -0.05) is 18.2 Å². The lowest BCUT2D eigenvalue weighted by molar-refractivity contribution is -0.0752. The Bertz CT molecular complexity index is 1060. The third kappa shape index (κ3) is 2.40. The van der Waals surface area contributed by atoms with E-state index in [2.05, 4.69) is 16.0 Å². The van der Waals surface area contributed by atoms with Gasteiger partial charge in [-0.25, -0.2) is 9.97 Å². The van der Waals surface area contributed by atoms with E-state index in [-0.39, 0.29) is 0 Å². The molecule has 0 aliphatic heterocycles. The van der Waals surface area contributed by atoms with E-state index in [1.807, 2.05) is 22.8 Å². The van der Waals surface area contributed by atoms with E-state index in [1.54, 1.807) is 13.1 Å². The average Bonchev–Trinajstić information content (AvgIpc) is 3.19. The van der Waals surface area contributed by atoms with Crippen LogP contribution in [0.25, 0.3) is 11.0 Å². The molecule has 5 rings (SSSR count). The van der Waals surface area contributed by atoms with Crippen molar-refractivity contribution in [3.63, 3.8) is 0 Å². The topological polar surface area (TPSA) is 117 Å². The predicted octanol–water partition coefficient (Wildman–Crippen LogP) is 1.30. The highest BCUT2D eigenvalue weighted by atomic mass is 16.3. The smallest absolute Gasteiger partial charge is 0.145 e. The van der Waals surface area contributed by atoms with Crippen molar-refractivity contribution in [2.24, 2.45) is 5.92 Å². The van der Waals surface area contributed by atoms with E-state index in [0.29, 0.717) is 23.3 Å². The molecule has 28 heavy (non-hydrogen) atoms. The van der Waals surface area contributed by atoms with Gasteiger partial charge in [0.05, 0.1) is 23.1 Å². The number of aliphatic hydroxyl groups is 3. The molecule has 2 aliphatic rings. The van der Waals surface area contributed by atoms with Gasteiger partial charge >= 0.3 is 0 Å². The number of hydrogen-bond acceptors (Lipinski definition) is 6. The van der Waals surface area contributed by atoms with Crippen LogP contribution < -0.4 is 5.73 Å². The summed E-state index contributed by atoms with van der Waals surface area (Å²) in [5.74, 6) is -0.135. The first-order chi connectivity index (χ1) is 13.4. The Labute approximate surface area is 162 Å². The average molecular weight is 380 g/mol. The summed E-state index contributed by atoms with van der Waals surface area (Å²) in [7, 11) is 0. The summed E-state index contributed by atoms with van der Waals surface area (Å²) in [6, 6.07) is 7.42. The van der Waals surface area contributed by atoms with Crippen LogP contribution in [0, 0.1) is 5.92 Å². The molecule has 2 heterocycles. The summed E-state index contributed by atoms with van der Waals surface area (Å²) in [5, 5.41) is 33.7. The van der Waals surface area contributed by atoms with Gasteiger partial charge in [-0.3, -0.25) is 0 Å². The molecule has 7 nitrogen and oxygen atoms in total. The second-order valence-corrected chi connectivity index (χ2v) is 8.24. The molecule has 2 aromatic heterocycles. The van der Waals surface area contributed by atoms with Gasteiger partial charge in [0.2, 0.25) is 0 Å². The molecule has 1 fully saturated rings. The minimum Gasteiger partial charge on any atom is -0.390 e. The molecule has 5 atom stereocenters. The molecular formula is C21H24N4O3. The maximum atomic E-state index is 11.4. The molecule has 146 valence electrons. The third-order valence-corrected chi connectivity index (χ3v) is 6.73. The first-order valence-corrected chi connectivity index (χ1v) is 9.65. The van der Waals surface area contributed by atoms with Crippen LogP contribution in [-0.2, 0) is 18.4 Å². The van der Waals surface area contributed by atoms with Crippen molar-refractivity contribution in [3.05, 3.63) is 53.5 Å². The molecule has 2 aliphatic carbocycles. The Balaban J connectivity index is 1.50. The number of nitrogen functional groups attached to an aromatic ring is 1. The Hall–Kier alpha value is -2.48. The van der Waals surface area contributed by atoms with Gasteiger partial charge in [-0.2, -0.15) is 0 Å². The van der Waals surface area contributed by atoms with Crippen LogP contribution in [0.2, 0.25) is 0 Å². The molecule has 1 unspecified atom stereocenters. The lowest BCUT2D eigenvalue weighted by Gasteiger charge is -2.34. The number of nitrogens with zero attached hydrogens (tertiary/aromatic N) is 3. The van der Waals surface area contributed by atoms with Crippen molar-refractivity contribution in [1.82, 2.24) is 14.5 Å². The van der Waals surface area contributed by atoms with Crippen molar-refractivity contribution < 1.29 is 15.3 Å². The molecule has 7 heteroatoms. The molecule has 0 spiro atoms. The Morgan fingerprint density at radius 1 is 1.11 bits per heavy atom. The van der Waals surface area contributed by atoms with Crippen LogP contribution in [0.15, 0.2) is 36.8 Å². The van der Waals surface area contributed by atoms with Gasteiger partial charge in [0, 0.05) is 12.1 Å². The summed E-state index contributed by atoms with van der Waals surface area (Å²) in [6.45, 7) is 1.73. The van der Waals surface area contributed by atoms with Crippen molar-refractivity contribution in [3.8, 4) is 0 Å². The first-order valence-electron chi connectivity index (χ1n) is 9.65. The van der Waals surface area contributed by atoms with Gasteiger partial charge in [-0.15, -0.1) is 0 Å². The highest BCUT2D eigenvalue weighted by Crippen LogP contribution is 2.46. The Morgan fingerprint density at radius 2 is 1.89 bits per heavy atom. The molecule has 3 aromatic rings. The normalized spacial score (nSPS) is 28.7. The SMILES string of the molecule is CC(O)(c1ccc2c(c1)CC2)[C@H]1C[C@@H](n2ccc3c(N)ncnc32)[C@H](O)[C@@H]1O. The molecule has 1 aromatic carbocycles. The van der Waals surface area contributed by atoms with Gasteiger partial charge in [0.25, 0.3) is 0 Å². The fourth-order valence-corrected chi connectivity index (χ4v) is 4.83. The highest BCUT2D eigenvalue weighted by molar-refractivity contribution is 5.86. The van der Waals surface area contributed by atoms with Gasteiger partial charge in [0.1, 0.15) is 23.9 Å². The Kier molecular flexibility index (Phi) is 3.78. The van der Waals surface area contributed by atoms with Crippen molar-refractivity contribution >= 4 is 16.9 Å². The minimum atomic E-state index is -1.25. The standard InChI is InChI=1S/C21H24N4O3/c1-21(28,13-5-4-11-2-3-12(11)8-13)15-9-16(18(27)17(15)26)25-7-6-14-19(22)23-10-24-20(14)25/h4-8,10,15-18,26-28H,2-3,9H2,1H3,(H2,22,23,24)/t15-,16+,17+,18-,21?/m0/s1. The number of nitrogens with two attached hydrogens (primary N) is 1. The number of rotatable bonds is 3. The predicted molar refractivity (Wildman–Crippen MR) is 105 cm³/mol. The monoisotopic (exact) mass is 380 g/mol. The van der Waals surface area contributed by atoms with E-state index in [4.69, 9.17) is 5.73 Å². The second kappa shape index (κ2) is 6.01. The number of fused-ring (bicyclic) bond motifs is 2. The van der Waals surface area contributed by atoms with Gasteiger partial charge in [0.15, 0.2) is 0 Å². The zero-order chi connectivity index (χ0) is 19.6. The minimum absolute atomic E-state index is 0.377. The van der Waals surface area contributed by atoms with Crippen LogP contribution in [0.4, 0.5) is 5.82 Å². The van der Waals surface area contributed by atoms with E-state index < -0.39 is 29.8 Å². The van der Waals surface area contributed by atoms with Crippen LogP contribution in [0.5, 0.6) is 0 Å². The van der Waals surface area contributed by atoms with Crippen LogP contribution in [0.3, 0.4) is 0 Å². The highest BCUT2D eigenvalue weighted by Gasteiger charge is 2.51. The van der Waals surface area contributed by atoms with Crippen molar-refractivity contribution in [2.75, 3.05) is 5.73 Å². The summed E-state index contributed by atoms with van der Waals surface area (Å²) in [4.78, 5) is 8.29. The van der Waals surface area contributed by atoms with E-state index in [0.717, 1.165) is 18.4 Å². The zero-order valence-corrected chi connectivity index (χ0v) is 15.7. The van der Waals surface area contributed by atoms with E-state index in [9.17, 15) is 15.3 Å². The summed E-state index contributed by atoms with van der Waals surface area (Å²) in [6.07, 6.45) is 3.64. The Morgan fingerprint density at radius 3 is 2.61 bits per heavy atom. The molecule has 5 N–H and O–H groups in total. The number of benzene rings is 1. The lowest BCUT2D eigenvalue weighted by Crippen LogP contribution is -2.40. The first kappa shape index (κ1) is 17.6. The van der Waals surface area contributed by atoms with Crippen LogP contribution in [-0.4, -0.2) is 42.1 Å². The van der Waals surface area contributed by atoms with Crippen molar-refractivity contribution in [2.45, 2.75) is 50.0 Å². The lowest BCUT2D eigenvalue weighted by atomic mass is 9.77. The molecule has 0 saturated heterocycles. The number of hydrogen-bond donors (Lipinski definition) is 4. The largest absolute Gasteiger partial charge is 0.390 e. The molecule has 1 saturated carbocycles. The number of aliphatic hydroxyl groups excluding tert-OH is 2. The summed E-state index contributed by atoms with van der Waals surface area (Å²) < 4.78 is 1.83. The number of aryl methyl sites for hydroxylation is 2. The van der Waals surface area contributed by atoms with Crippen LogP contribution >= 0.6 is 0 Å². The maximum Gasteiger partial charge on any atom is 0.145 e. The summed E-state index contributed by atoms with van der Waals surface area (Å²) >= 11 is 0. The number of anilines is 1. The quantitative estimate of drug-likeness (QED) is 0.544. The second-order valence-electron chi connectivity index (χ2n) is 8.24. The van der Waals surface area contributed by atoms with Gasteiger partial charge in [-0.05, 0) is 48.9 Å². The molecule has 0 amide bonds. The molecule has 0 bridgehead atoms. The number of aromatic nitrogens is 3. The van der Waals surface area contributed by atoms with E-state index in [1.165, 1.54) is 17.5 Å². The zero-order valence-electron chi connectivity index (χ0n) is 15.7. The third-order valence-electron chi connectivity index (χ3n) is 6.73. The van der Waals surface area contributed by atoms with E-state index >= 15 is 0 Å². The molecular weight excluding hydrogens is 356 g/mol. The maximum absolute atomic E-state index is 11.4.